The summed E-state index contributed by atoms with van der Waals surface area (Å²) in [5.41, 5.74) is 3.40. The number of urea groups is 1. The molecule has 7 heteroatoms. The van der Waals surface area contributed by atoms with E-state index >= 15 is 0 Å². The van der Waals surface area contributed by atoms with E-state index < -0.39 is 23.9 Å². The van der Waals surface area contributed by atoms with E-state index in [9.17, 15) is 19.5 Å². The van der Waals surface area contributed by atoms with Crippen molar-refractivity contribution < 1.29 is 19.5 Å². The largest absolute Gasteiger partial charge is 0.480 e. The number of anilines is 2. The summed E-state index contributed by atoms with van der Waals surface area (Å²) in [5.74, 6) is -1.65. The van der Waals surface area contributed by atoms with E-state index in [1.54, 1.807) is 12.1 Å². The first-order chi connectivity index (χ1) is 17.9. The molecule has 4 N–H and O–H groups in total. The molecule has 3 amide bonds. The Kier molecular flexibility index (Phi) is 8.43. The third-order valence-corrected chi connectivity index (χ3v) is 7.29. The maximum Gasteiger partial charge on any atom is 0.326 e. The number of carboxylic acids is 1. The summed E-state index contributed by atoms with van der Waals surface area (Å²) in [6, 6.07) is 15.6. The first-order valence-electron chi connectivity index (χ1n) is 13.2. The van der Waals surface area contributed by atoms with Crippen LogP contribution >= 0.6 is 0 Å². The molecule has 4 rings (SSSR count). The van der Waals surface area contributed by atoms with E-state index in [0.717, 1.165) is 72.5 Å². The van der Waals surface area contributed by atoms with Gasteiger partial charge in [-0.15, -0.1) is 0 Å². The molecule has 194 valence electrons. The minimum Gasteiger partial charge on any atom is -0.480 e. The molecule has 1 saturated carbocycles. The lowest BCUT2D eigenvalue weighted by atomic mass is 9.83. The van der Waals surface area contributed by atoms with E-state index in [0.29, 0.717) is 5.69 Å². The number of hydrogen-bond donors (Lipinski definition) is 4. The maximum atomic E-state index is 13.5. The van der Waals surface area contributed by atoms with Crippen LogP contribution in [0.4, 0.5) is 16.2 Å². The van der Waals surface area contributed by atoms with E-state index in [1.807, 2.05) is 56.3 Å². The number of amides is 3. The van der Waals surface area contributed by atoms with Gasteiger partial charge in [-0.25, -0.2) is 9.59 Å². The Morgan fingerprint density at radius 3 is 2.08 bits per heavy atom. The zero-order chi connectivity index (χ0) is 26.4. The van der Waals surface area contributed by atoms with Crippen LogP contribution in [0.3, 0.4) is 0 Å². The van der Waals surface area contributed by atoms with Crippen LogP contribution in [0, 0.1) is 5.92 Å². The fourth-order valence-corrected chi connectivity index (χ4v) is 5.27. The number of benzene rings is 3. The molecule has 3 aromatic rings. The molecule has 0 saturated heterocycles. The molecule has 1 aliphatic rings. The van der Waals surface area contributed by atoms with Crippen LogP contribution in [0.25, 0.3) is 10.8 Å². The summed E-state index contributed by atoms with van der Waals surface area (Å²) < 4.78 is 0. The van der Waals surface area contributed by atoms with Crippen molar-refractivity contribution in [1.82, 2.24) is 5.32 Å². The Morgan fingerprint density at radius 2 is 1.49 bits per heavy atom. The highest BCUT2D eigenvalue weighted by Gasteiger charge is 2.31. The minimum atomic E-state index is -1.03. The van der Waals surface area contributed by atoms with Gasteiger partial charge in [-0.3, -0.25) is 4.79 Å². The molecule has 0 radical (unpaired) electrons. The van der Waals surface area contributed by atoms with Crippen molar-refractivity contribution in [3.63, 3.8) is 0 Å². The highest BCUT2D eigenvalue weighted by atomic mass is 16.4. The van der Waals surface area contributed by atoms with Crippen molar-refractivity contribution >= 4 is 40.1 Å². The molecule has 0 unspecified atom stereocenters. The average molecular weight is 502 g/mol. The molecule has 1 fully saturated rings. The van der Waals surface area contributed by atoms with Crippen molar-refractivity contribution in [3.8, 4) is 0 Å². The lowest BCUT2D eigenvalue weighted by Gasteiger charge is -2.28. The Morgan fingerprint density at radius 1 is 0.865 bits per heavy atom. The van der Waals surface area contributed by atoms with Gasteiger partial charge in [0.2, 0.25) is 0 Å². The highest BCUT2D eigenvalue weighted by Crippen LogP contribution is 2.29. The molecule has 0 spiro atoms. The zero-order valence-corrected chi connectivity index (χ0v) is 21.5. The first-order valence-corrected chi connectivity index (χ1v) is 13.2. The van der Waals surface area contributed by atoms with Crippen molar-refractivity contribution in [2.75, 3.05) is 10.6 Å². The van der Waals surface area contributed by atoms with Gasteiger partial charge in [0.1, 0.15) is 6.04 Å². The number of fused-ring (bicyclic) bond motifs is 1. The average Bonchev–Trinajstić information content (AvgIpc) is 2.91. The number of carbonyl (C=O) groups is 3. The first kappa shape index (κ1) is 26.2. The number of carboxylic acid groups (broad SMARTS) is 1. The van der Waals surface area contributed by atoms with Gasteiger partial charge < -0.3 is 21.1 Å². The number of nitrogens with one attached hydrogen (secondary N) is 3. The summed E-state index contributed by atoms with van der Waals surface area (Å²) in [4.78, 5) is 38.7. The molecule has 0 bridgehead atoms. The van der Waals surface area contributed by atoms with Crippen molar-refractivity contribution in [3.05, 3.63) is 71.3 Å². The van der Waals surface area contributed by atoms with Crippen LogP contribution < -0.4 is 16.0 Å². The molecule has 7 nitrogen and oxygen atoms in total. The standard InChI is InChI=1S/C30H35N3O4/c1-3-19-15-10-16-20(4-2)26(19)33-30(37)31-25-18-23-14-9-8-13-22(23)17-24(25)28(34)32-27(29(35)36)21-11-6-5-7-12-21/h8-10,13-18,21,27H,3-7,11-12H2,1-2H3,(H,32,34)(H,35,36)(H2,31,33,37)/t27-/m0/s1. The molecule has 0 aromatic heterocycles. The van der Waals surface area contributed by atoms with Crippen LogP contribution in [-0.2, 0) is 17.6 Å². The Balaban J connectivity index is 1.63. The van der Waals surface area contributed by atoms with Crippen LogP contribution in [0.15, 0.2) is 54.6 Å². The van der Waals surface area contributed by atoms with Crippen molar-refractivity contribution in [2.45, 2.75) is 64.8 Å². The van der Waals surface area contributed by atoms with Gasteiger partial charge in [-0.2, -0.15) is 0 Å². The number of hydrogen-bond acceptors (Lipinski definition) is 3. The highest BCUT2D eigenvalue weighted by molar-refractivity contribution is 6.10. The number of aryl methyl sites for hydroxylation is 2. The summed E-state index contributed by atoms with van der Waals surface area (Å²) in [6.07, 6.45) is 6.11. The lowest BCUT2D eigenvalue weighted by molar-refractivity contribution is -0.141. The topological polar surface area (TPSA) is 108 Å². The lowest BCUT2D eigenvalue weighted by Crippen LogP contribution is -2.46. The van der Waals surface area contributed by atoms with Gasteiger partial charge in [-0.1, -0.05) is 75.6 Å². The molecular weight excluding hydrogens is 466 g/mol. The van der Waals surface area contributed by atoms with E-state index in [4.69, 9.17) is 0 Å². The molecule has 3 aromatic carbocycles. The fourth-order valence-electron chi connectivity index (χ4n) is 5.27. The summed E-state index contributed by atoms with van der Waals surface area (Å²) in [6.45, 7) is 4.07. The van der Waals surface area contributed by atoms with E-state index in [1.165, 1.54) is 0 Å². The van der Waals surface area contributed by atoms with Crippen LogP contribution in [0.2, 0.25) is 0 Å². The number of aliphatic carboxylic acids is 1. The van der Waals surface area contributed by atoms with Crippen molar-refractivity contribution in [2.24, 2.45) is 5.92 Å². The normalized spacial score (nSPS) is 14.6. The zero-order valence-electron chi connectivity index (χ0n) is 21.5. The van der Waals surface area contributed by atoms with Crippen LogP contribution in [-0.4, -0.2) is 29.1 Å². The summed E-state index contributed by atoms with van der Waals surface area (Å²) in [5, 5.41) is 20.2. The second-order valence-electron chi connectivity index (χ2n) is 9.67. The molecule has 0 aliphatic heterocycles. The van der Waals surface area contributed by atoms with Gasteiger partial charge in [-0.05, 0) is 65.6 Å². The Bertz CT molecular complexity index is 1270. The third-order valence-electron chi connectivity index (χ3n) is 7.29. The Labute approximate surface area is 217 Å². The quantitative estimate of drug-likeness (QED) is 0.288. The second-order valence-corrected chi connectivity index (χ2v) is 9.67. The fraction of sp³-hybridized carbons (Fsp3) is 0.367. The maximum absolute atomic E-state index is 13.5. The summed E-state index contributed by atoms with van der Waals surface area (Å²) >= 11 is 0. The van der Waals surface area contributed by atoms with Gasteiger partial charge in [0.05, 0.1) is 11.3 Å². The van der Waals surface area contributed by atoms with E-state index in [-0.39, 0.29) is 11.5 Å². The SMILES string of the molecule is CCc1cccc(CC)c1NC(=O)Nc1cc2ccccc2cc1C(=O)N[C@H](C(=O)O)C1CCCCC1. The summed E-state index contributed by atoms with van der Waals surface area (Å²) in [7, 11) is 0. The Hall–Kier alpha value is -3.87. The van der Waals surface area contributed by atoms with Gasteiger partial charge >= 0.3 is 12.0 Å². The second kappa shape index (κ2) is 11.9. The predicted molar refractivity (Wildman–Crippen MR) is 147 cm³/mol. The minimum absolute atomic E-state index is 0.103. The number of carbonyl (C=O) groups excluding carboxylic acids is 2. The van der Waals surface area contributed by atoms with E-state index in [2.05, 4.69) is 16.0 Å². The monoisotopic (exact) mass is 501 g/mol. The van der Waals surface area contributed by atoms with Crippen LogP contribution in [0.1, 0.15) is 67.4 Å². The molecule has 37 heavy (non-hydrogen) atoms. The smallest absolute Gasteiger partial charge is 0.326 e. The molecule has 1 atom stereocenters. The number of rotatable bonds is 8. The molecule has 0 heterocycles. The third kappa shape index (κ3) is 6.10. The van der Waals surface area contributed by atoms with Gasteiger partial charge in [0.25, 0.3) is 5.91 Å². The van der Waals surface area contributed by atoms with Crippen LogP contribution in [0.5, 0.6) is 0 Å². The number of para-hydroxylation sites is 1. The molecule has 1 aliphatic carbocycles. The van der Waals surface area contributed by atoms with Crippen molar-refractivity contribution in [1.29, 1.82) is 0 Å². The molecular formula is C30H35N3O4. The van der Waals surface area contributed by atoms with Gasteiger partial charge in [0.15, 0.2) is 0 Å². The predicted octanol–water partition coefficient (Wildman–Crippen LogP) is 6.37. The van der Waals surface area contributed by atoms with Gasteiger partial charge in [0, 0.05) is 5.69 Å².